The zero-order valence-corrected chi connectivity index (χ0v) is 20.2. The monoisotopic (exact) mass is 438 g/mol. The van der Waals surface area contributed by atoms with E-state index in [-0.39, 0.29) is 0 Å². The van der Waals surface area contributed by atoms with Crippen LogP contribution in [0.3, 0.4) is 0 Å². The summed E-state index contributed by atoms with van der Waals surface area (Å²) in [5.74, 6) is 9.66. The molecule has 0 saturated heterocycles. The first-order valence-corrected chi connectivity index (χ1v) is 14.7. The molecule has 1 aromatic heterocycles. The molecule has 0 saturated carbocycles. The van der Waals surface area contributed by atoms with Crippen LogP contribution in [0.5, 0.6) is 0 Å². The number of nitrogens with zero attached hydrogens (tertiary/aromatic N) is 2. The van der Waals surface area contributed by atoms with Gasteiger partial charge in [-0.05, 0) is 52.7 Å². The molecule has 0 N–H and O–H groups in total. The smallest absolute Gasteiger partial charge is 0.129 e. The van der Waals surface area contributed by atoms with Crippen LogP contribution in [-0.4, -0.2) is 18.0 Å². The van der Waals surface area contributed by atoms with E-state index in [2.05, 4.69) is 97.5 Å². The lowest BCUT2D eigenvalue weighted by molar-refractivity contribution is 1.27. The topological polar surface area (TPSA) is 25.8 Å². The summed E-state index contributed by atoms with van der Waals surface area (Å²) in [6.07, 6.45) is 1.69. The summed E-state index contributed by atoms with van der Waals surface area (Å²) >= 11 is 0. The molecule has 156 valence electrons. The van der Waals surface area contributed by atoms with Gasteiger partial charge < -0.3 is 0 Å². The Kier molecular flexibility index (Phi) is 4.21. The Morgan fingerprint density at radius 1 is 0.636 bits per heavy atom. The van der Waals surface area contributed by atoms with Gasteiger partial charge in [-0.15, -0.1) is 11.5 Å². The Hall–Kier alpha value is -3.92. The van der Waals surface area contributed by atoms with Gasteiger partial charge in [-0.1, -0.05) is 61.8 Å². The van der Waals surface area contributed by atoms with Gasteiger partial charge in [-0.25, -0.2) is 9.97 Å². The number of hydrogen-bond donors (Lipinski definition) is 0. The summed E-state index contributed by atoms with van der Waals surface area (Å²) < 4.78 is 0. The lowest BCUT2D eigenvalue weighted by Gasteiger charge is -2.16. The molecule has 0 atom stereocenters. The van der Waals surface area contributed by atoms with Gasteiger partial charge in [-0.3, -0.25) is 0 Å². The fourth-order valence-corrected chi connectivity index (χ4v) is 5.33. The first-order valence-electron chi connectivity index (χ1n) is 11.2. The Morgan fingerprint density at radius 2 is 1.21 bits per heavy atom. The van der Waals surface area contributed by atoms with Crippen LogP contribution in [-0.2, 0) is 0 Å². The molecule has 3 heteroatoms. The Balaban J connectivity index is 1.83. The molecule has 0 radical (unpaired) electrons. The van der Waals surface area contributed by atoms with Crippen LogP contribution < -0.4 is 0 Å². The van der Waals surface area contributed by atoms with Gasteiger partial charge in [0.25, 0.3) is 0 Å². The van der Waals surface area contributed by atoms with E-state index in [1.807, 2.05) is 6.92 Å². The highest BCUT2D eigenvalue weighted by molar-refractivity contribution is 6.83. The molecular weight excluding hydrogens is 416 g/mol. The van der Waals surface area contributed by atoms with E-state index in [4.69, 9.17) is 9.97 Å². The molecule has 0 aliphatic rings. The molecule has 0 amide bonds. The standard InChI is InChI=1S/C30H22N2Si/c1-5-7-19-10-12-23-25(16-19)21-8-6-9-22-26-17-20(14-15-33(2,3)4)11-13-24(26)30-28(27(21)22)29(23)31-18-32-30/h6,8-13,16-18H,1-4H3. The van der Waals surface area contributed by atoms with Gasteiger partial charge in [0.1, 0.15) is 14.4 Å². The summed E-state index contributed by atoms with van der Waals surface area (Å²) in [5.41, 5.74) is 7.58. The van der Waals surface area contributed by atoms with Crippen LogP contribution in [0.25, 0.3) is 54.1 Å². The summed E-state index contributed by atoms with van der Waals surface area (Å²) in [4.78, 5) is 9.52. The molecule has 0 unspecified atom stereocenters. The van der Waals surface area contributed by atoms with E-state index in [9.17, 15) is 0 Å². The zero-order chi connectivity index (χ0) is 22.7. The molecule has 0 aliphatic heterocycles. The van der Waals surface area contributed by atoms with Crippen molar-refractivity contribution in [3.05, 3.63) is 72.1 Å². The van der Waals surface area contributed by atoms with Gasteiger partial charge in [-0.2, -0.15) is 0 Å². The maximum absolute atomic E-state index is 4.77. The first kappa shape index (κ1) is 19.7. The maximum Gasteiger partial charge on any atom is 0.129 e. The minimum absolute atomic E-state index is 0.999. The summed E-state index contributed by atoms with van der Waals surface area (Å²) in [5, 5.41) is 9.46. The number of aromatic nitrogens is 2. The zero-order valence-electron chi connectivity index (χ0n) is 19.2. The Morgan fingerprint density at radius 3 is 1.76 bits per heavy atom. The third kappa shape index (κ3) is 3.05. The minimum atomic E-state index is -1.46. The van der Waals surface area contributed by atoms with E-state index in [1.165, 1.54) is 26.9 Å². The van der Waals surface area contributed by atoms with Gasteiger partial charge in [0.15, 0.2) is 0 Å². The highest BCUT2D eigenvalue weighted by Gasteiger charge is 2.18. The number of hydrogen-bond acceptors (Lipinski definition) is 2. The fraction of sp³-hybridized carbons (Fsp3) is 0.133. The van der Waals surface area contributed by atoms with Crippen LogP contribution in [0.1, 0.15) is 18.1 Å². The van der Waals surface area contributed by atoms with Crippen LogP contribution >= 0.6 is 0 Å². The van der Waals surface area contributed by atoms with E-state index >= 15 is 0 Å². The minimum Gasteiger partial charge on any atom is -0.236 e. The van der Waals surface area contributed by atoms with Crippen LogP contribution in [0.15, 0.2) is 60.9 Å². The first-order chi connectivity index (χ1) is 15.9. The number of rotatable bonds is 0. The van der Waals surface area contributed by atoms with Gasteiger partial charge in [0.2, 0.25) is 0 Å². The molecule has 2 nitrogen and oxygen atoms in total. The SMILES string of the molecule is CC#Cc1ccc2c(c1)c1cccc3c4cc(C#C[Si](C)(C)C)ccc4c4ncnc2c4c13. The largest absolute Gasteiger partial charge is 0.236 e. The van der Waals surface area contributed by atoms with Crippen LogP contribution in [0, 0.1) is 23.3 Å². The molecule has 0 fully saturated rings. The Labute approximate surface area is 194 Å². The van der Waals surface area contributed by atoms with Crippen LogP contribution in [0.2, 0.25) is 19.6 Å². The molecule has 6 aromatic rings. The van der Waals surface area contributed by atoms with E-state index in [1.54, 1.807) is 6.33 Å². The molecule has 6 rings (SSSR count). The fourth-order valence-electron chi connectivity index (χ4n) is 4.81. The average molecular weight is 439 g/mol. The van der Waals surface area contributed by atoms with Crippen molar-refractivity contribution in [1.29, 1.82) is 0 Å². The van der Waals surface area contributed by atoms with Crippen molar-refractivity contribution in [2.24, 2.45) is 0 Å². The Bertz CT molecular complexity index is 1870. The predicted octanol–water partition coefficient (Wildman–Crippen LogP) is 7.28. The predicted molar refractivity (Wildman–Crippen MR) is 144 cm³/mol. The lowest BCUT2D eigenvalue weighted by atomic mass is 9.89. The van der Waals surface area contributed by atoms with Gasteiger partial charge in [0, 0.05) is 32.7 Å². The van der Waals surface area contributed by atoms with Gasteiger partial charge in [0.05, 0.1) is 11.0 Å². The van der Waals surface area contributed by atoms with E-state index in [0.29, 0.717) is 0 Å². The molecule has 0 spiro atoms. The van der Waals surface area contributed by atoms with Crippen molar-refractivity contribution >= 4 is 62.2 Å². The third-order valence-corrected chi connectivity index (χ3v) is 7.02. The summed E-state index contributed by atoms with van der Waals surface area (Å²) in [7, 11) is -1.46. The molecule has 0 aliphatic carbocycles. The quantitative estimate of drug-likeness (QED) is 0.108. The van der Waals surface area contributed by atoms with Crippen molar-refractivity contribution in [3.8, 4) is 23.3 Å². The molecule has 0 bridgehead atoms. The van der Waals surface area contributed by atoms with Crippen molar-refractivity contribution < 1.29 is 0 Å². The maximum atomic E-state index is 4.77. The highest BCUT2D eigenvalue weighted by atomic mass is 28.3. The highest BCUT2D eigenvalue weighted by Crippen LogP contribution is 2.43. The molecule has 5 aromatic carbocycles. The lowest BCUT2D eigenvalue weighted by Crippen LogP contribution is -2.16. The van der Waals surface area contributed by atoms with Crippen LogP contribution in [0.4, 0.5) is 0 Å². The average Bonchev–Trinajstić information content (AvgIpc) is 2.82. The number of benzene rings is 5. The number of fused-ring (bicyclic) bond motifs is 6. The second-order valence-electron chi connectivity index (χ2n) is 9.57. The summed E-state index contributed by atoms with van der Waals surface area (Å²) in [6, 6.07) is 19.5. The third-order valence-electron chi connectivity index (χ3n) is 6.14. The van der Waals surface area contributed by atoms with Crippen molar-refractivity contribution in [2.75, 3.05) is 0 Å². The molecule has 33 heavy (non-hydrogen) atoms. The summed E-state index contributed by atoms with van der Waals surface area (Å²) in [6.45, 7) is 8.69. The van der Waals surface area contributed by atoms with Crippen molar-refractivity contribution in [2.45, 2.75) is 26.6 Å². The van der Waals surface area contributed by atoms with Crippen molar-refractivity contribution in [3.63, 3.8) is 0 Å². The van der Waals surface area contributed by atoms with Crippen molar-refractivity contribution in [1.82, 2.24) is 9.97 Å². The molecular formula is C30H22N2Si. The van der Waals surface area contributed by atoms with E-state index in [0.717, 1.165) is 38.3 Å². The molecule has 1 heterocycles. The second kappa shape index (κ2) is 7.04. The second-order valence-corrected chi connectivity index (χ2v) is 14.3. The van der Waals surface area contributed by atoms with Gasteiger partial charge >= 0.3 is 0 Å². The normalized spacial score (nSPS) is 11.8. The van der Waals surface area contributed by atoms with E-state index < -0.39 is 8.07 Å².